The molecular formula is C14H21NO4S. The second kappa shape index (κ2) is 6.43. The van der Waals surface area contributed by atoms with Crippen LogP contribution in [0.2, 0.25) is 0 Å². The molecule has 1 aliphatic rings. The molecule has 6 heteroatoms. The predicted octanol–water partition coefficient (Wildman–Crippen LogP) is 2.37. The van der Waals surface area contributed by atoms with Gasteiger partial charge in [0.25, 0.3) is 0 Å². The van der Waals surface area contributed by atoms with Gasteiger partial charge < -0.3 is 9.84 Å². The van der Waals surface area contributed by atoms with E-state index in [1.54, 1.807) is 0 Å². The molecule has 0 radical (unpaired) electrons. The molecule has 0 unspecified atom stereocenters. The van der Waals surface area contributed by atoms with Crippen molar-refractivity contribution in [2.75, 3.05) is 20.8 Å². The fraction of sp³-hybridized carbons (Fsp3) is 0.571. The molecule has 20 heavy (non-hydrogen) atoms. The summed E-state index contributed by atoms with van der Waals surface area (Å²) in [5.41, 5.74) is 0.660. The maximum Gasteiger partial charge on any atom is 0.117 e. The first-order valence-electron chi connectivity index (χ1n) is 6.48. The van der Waals surface area contributed by atoms with Crippen molar-refractivity contribution in [2.24, 2.45) is 0 Å². The van der Waals surface area contributed by atoms with Crippen molar-refractivity contribution >= 4 is 12.0 Å². The van der Waals surface area contributed by atoms with Gasteiger partial charge in [0.1, 0.15) is 11.8 Å². The monoisotopic (exact) mass is 299 g/mol. The van der Waals surface area contributed by atoms with Crippen LogP contribution in [0.4, 0.5) is 0 Å². The number of aliphatic hydroxyl groups is 1. The normalized spacial score (nSPS) is 26.1. The van der Waals surface area contributed by atoms with Gasteiger partial charge in [-0.15, -0.1) is 0 Å². The van der Waals surface area contributed by atoms with Crippen LogP contribution in [0.15, 0.2) is 29.2 Å². The first-order chi connectivity index (χ1) is 9.49. The number of benzene rings is 1. The molecule has 2 atom stereocenters. The van der Waals surface area contributed by atoms with E-state index >= 15 is 0 Å². The van der Waals surface area contributed by atoms with Gasteiger partial charge in [-0.1, -0.05) is 12.1 Å². The number of nitrogens with zero attached hydrogens (tertiary/aromatic N) is 1. The van der Waals surface area contributed by atoms with Crippen molar-refractivity contribution in [1.29, 1.82) is 0 Å². The van der Waals surface area contributed by atoms with E-state index in [4.69, 9.17) is 9.07 Å². The van der Waals surface area contributed by atoms with E-state index in [1.165, 1.54) is 7.11 Å². The summed E-state index contributed by atoms with van der Waals surface area (Å²) in [6.07, 6.45) is -0.137. The van der Waals surface area contributed by atoms with Crippen LogP contribution in [0.25, 0.3) is 0 Å². The molecule has 0 bridgehead atoms. The minimum atomic E-state index is -0.384. The van der Waals surface area contributed by atoms with Gasteiger partial charge in [0, 0.05) is 4.90 Å². The Hall–Kier alpha value is -0.630. The van der Waals surface area contributed by atoms with Crippen molar-refractivity contribution in [3.8, 4) is 0 Å². The van der Waals surface area contributed by atoms with Crippen LogP contribution in [-0.4, -0.2) is 42.5 Å². The van der Waals surface area contributed by atoms with Crippen molar-refractivity contribution in [1.82, 2.24) is 4.90 Å². The average molecular weight is 299 g/mol. The van der Waals surface area contributed by atoms with E-state index < -0.39 is 0 Å². The number of hydrogen-bond acceptors (Lipinski definition) is 6. The first kappa shape index (κ1) is 15.8. The van der Waals surface area contributed by atoms with Gasteiger partial charge in [-0.25, -0.2) is 4.89 Å². The SMILES string of the molecule is COOSc1ccc([C@H]2OC(C)(C)N(C)[C@@H]2CO)cc1. The molecule has 1 aliphatic heterocycles. The van der Waals surface area contributed by atoms with Crippen molar-refractivity contribution < 1.29 is 19.1 Å². The van der Waals surface area contributed by atoms with Gasteiger partial charge in [0.15, 0.2) is 0 Å². The second-order valence-corrected chi connectivity index (χ2v) is 6.01. The minimum absolute atomic E-state index is 0.0428. The minimum Gasteiger partial charge on any atom is -0.395 e. The molecule has 0 amide bonds. The third kappa shape index (κ3) is 3.16. The highest BCUT2D eigenvalue weighted by Gasteiger charge is 2.45. The Balaban J connectivity index is 2.14. The highest BCUT2D eigenvalue weighted by Crippen LogP contribution is 2.39. The largest absolute Gasteiger partial charge is 0.395 e. The van der Waals surface area contributed by atoms with E-state index in [0.29, 0.717) is 0 Å². The molecule has 1 N–H and O–H groups in total. The topological polar surface area (TPSA) is 51.2 Å². The lowest BCUT2D eigenvalue weighted by Crippen LogP contribution is -2.42. The Labute approximate surface area is 124 Å². The molecule has 112 valence electrons. The number of ether oxygens (including phenoxy) is 1. The standard InChI is InChI=1S/C14H21NO4S/c1-14(2)15(3)12(9-16)13(18-14)10-5-7-11(8-6-10)20-19-17-4/h5-8,12-13,16H,9H2,1-4H3/t12-,13-/m1/s1. The summed E-state index contributed by atoms with van der Waals surface area (Å²) in [6, 6.07) is 7.83. The first-order valence-corrected chi connectivity index (χ1v) is 7.22. The molecule has 1 heterocycles. The molecule has 1 fully saturated rings. The predicted molar refractivity (Wildman–Crippen MR) is 76.9 cm³/mol. The lowest BCUT2D eigenvalue weighted by molar-refractivity contribution is -0.160. The zero-order valence-electron chi connectivity index (χ0n) is 12.2. The van der Waals surface area contributed by atoms with Gasteiger partial charge in [-0.2, -0.15) is 4.33 Å². The van der Waals surface area contributed by atoms with Crippen molar-refractivity contribution in [3.05, 3.63) is 29.8 Å². The summed E-state index contributed by atoms with van der Waals surface area (Å²) in [5, 5.41) is 9.61. The van der Waals surface area contributed by atoms with E-state index in [1.807, 2.05) is 45.2 Å². The maximum absolute atomic E-state index is 9.61. The molecule has 0 spiro atoms. The van der Waals surface area contributed by atoms with Crippen LogP contribution in [0.1, 0.15) is 25.5 Å². The van der Waals surface area contributed by atoms with E-state index in [9.17, 15) is 5.11 Å². The molecule has 1 saturated heterocycles. The zero-order valence-corrected chi connectivity index (χ0v) is 13.0. The smallest absolute Gasteiger partial charge is 0.117 e. The van der Waals surface area contributed by atoms with E-state index in [0.717, 1.165) is 22.5 Å². The van der Waals surface area contributed by atoms with Gasteiger partial charge in [-0.3, -0.25) is 4.90 Å². The van der Waals surface area contributed by atoms with Gasteiger partial charge >= 0.3 is 0 Å². The molecule has 1 aromatic rings. The molecular weight excluding hydrogens is 278 g/mol. The number of likely N-dealkylation sites (N-methyl/N-ethyl adjacent to an activating group) is 1. The molecule has 0 aliphatic carbocycles. The molecule has 5 nitrogen and oxygen atoms in total. The number of aliphatic hydroxyl groups excluding tert-OH is 1. The third-order valence-electron chi connectivity index (χ3n) is 3.71. The Morgan fingerprint density at radius 3 is 2.55 bits per heavy atom. The van der Waals surface area contributed by atoms with Crippen LogP contribution in [0, 0.1) is 0 Å². The zero-order chi connectivity index (χ0) is 14.8. The van der Waals surface area contributed by atoms with Gasteiger partial charge in [-0.05, 0) is 38.6 Å². The quantitative estimate of drug-likeness (QED) is 0.512. The summed E-state index contributed by atoms with van der Waals surface area (Å²) in [6.45, 7) is 4.08. The fourth-order valence-corrected chi connectivity index (χ4v) is 2.76. The van der Waals surface area contributed by atoms with Gasteiger partial charge in [0.05, 0.1) is 31.8 Å². The van der Waals surface area contributed by atoms with Crippen molar-refractivity contribution in [2.45, 2.75) is 36.6 Å². The van der Waals surface area contributed by atoms with Crippen LogP contribution in [0.5, 0.6) is 0 Å². The average Bonchev–Trinajstić information content (AvgIpc) is 2.67. The van der Waals surface area contributed by atoms with Crippen molar-refractivity contribution in [3.63, 3.8) is 0 Å². The van der Waals surface area contributed by atoms with E-state index in [2.05, 4.69) is 9.79 Å². The summed E-state index contributed by atoms with van der Waals surface area (Å²) < 4.78 is 10.9. The number of rotatable bonds is 5. The third-order valence-corrected chi connectivity index (χ3v) is 4.37. The lowest BCUT2D eigenvalue weighted by atomic mass is 10.0. The summed E-state index contributed by atoms with van der Waals surface area (Å²) in [4.78, 5) is 7.56. The molecule has 0 saturated carbocycles. The maximum atomic E-state index is 9.61. The number of hydrogen-bond donors (Lipinski definition) is 1. The van der Waals surface area contributed by atoms with E-state index in [-0.39, 0.29) is 24.5 Å². The Bertz CT molecular complexity index is 437. The summed E-state index contributed by atoms with van der Waals surface area (Å²) in [7, 11) is 3.44. The Morgan fingerprint density at radius 2 is 2.00 bits per heavy atom. The Kier molecular flexibility index (Phi) is 5.06. The molecule has 0 aromatic heterocycles. The highest BCUT2D eigenvalue weighted by molar-refractivity contribution is 7.94. The summed E-state index contributed by atoms with van der Waals surface area (Å²) in [5.74, 6) is 0. The Morgan fingerprint density at radius 1 is 1.35 bits per heavy atom. The highest BCUT2D eigenvalue weighted by atomic mass is 32.2. The van der Waals surface area contributed by atoms with Crippen LogP contribution in [0.3, 0.4) is 0 Å². The van der Waals surface area contributed by atoms with Crippen LogP contribution in [-0.2, 0) is 14.0 Å². The summed E-state index contributed by atoms with van der Waals surface area (Å²) >= 11 is 1.16. The molecule has 2 rings (SSSR count). The fourth-order valence-electron chi connectivity index (χ4n) is 2.37. The molecule has 1 aromatic carbocycles. The second-order valence-electron chi connectivity index (χ2n) is 5.23. The van der Waals surface area contributed by atoms with Crippen LogP contribution >= 0.6 is 12.0 Å². The van der Waals surface area contributed by atoms with Gasteiger partial charge in [0.2, 0.25) is 0 Å². The van der Waals surface area contributed by atoms with Crippen LogP contribution < -0.4 is 0 Å². The lowest BCUT2D eigenvalue weighted by Gasteiger charge is -2.28.